The summed E-state index contributed by atoms with van der Waals surface area (Å²) in [5.74, 6) is 0. The molecular formula is C26H18V. The summed E-state index contributed by atoms with van der Waals surface area (Å²) < 4.78 is 3.15. The molecule has 0 bridgehead atoms. The van der Waals surface area contributed by atoms with Crippen molar-refractivity contribution in [2.75, 3.05) is 0 Å². The molecule has 2 aliphatic rings. The summed E-state index contributed by atoms with van der Waals surface area (Å²) in [6, 6.07) is 31.6. The molecule has 0 aliphatic heterocycles. The minimum absolute atomic E-state index is 0.00992. The third-order valence-corrected chi connectivity index (χ3v) is 7.95. The van der Waals surface area contributed by atoms with Gasteiger partial charge in [-0.3, -0.25) is 0 Å². The van der Waals surface area contributed by atoms with Gasteiger partial charge in [-0.25, -0.2) is 0 Å². The van der Waals surface area contributed by atoms with Crippen LogP contribution >= 0.6 is 0 Å². The van der Waals surface area contributed by atoms with E-state index in [1.54, 1.807) is 19.7 Å². The number of fused-ring (bicyclic) bond motifs is 6. The average molecular weight is 381 g/mol. The third kappa shape index (κ3) is 2.38. The van der Waals surface area contributed by atoms with E-state index in [0.29, 0.717) is 0 Å². The van der Waals surface area contributed by atoms with Crippen molar-refractivity contribution < 1.29 is 16.3 Å². The quantitative estimate of drug-likeness (QED) is 0.402. The maximum absolute atomic E-state index is 2.37. The van der Waals surface area contributed by atoms with Crippen LogP contribution in [0.5, 0.6) is 0 Å². The fourth-order valence-corrected chi connectivity index (χ4v) is 6.57. The average Bonchev–Trinajstić information content (AvgIpc) is 3.28. The van der Waals surface area contributed by atoms with E-state index in [4.69, 9.17) is 0 Å². The van der Waals surface area contributed by atoms with Gasteiger partial charge in [0, 0.05) is 0 Å². The van der Waals surface area contributed by atoms with Crippen molar-refractivity contribution >= 4 is 8.55 Å². The van der Waals surface area contributed by atoms with Crippen molar-refractivity contribution in [3.63, 3.8) is 0 Å². The number of rotatable bonds is 2. The zero-order chi connectivity index (χ0) is 17.8. The van der Waals surface area contributed by atoms with Crippen LogP contribution in [0.15, 0.2) is 84.9 Å². The van der Waals surface area contributed by atoms with Crippen LogP contribution in [-0.2, 0) is 29.1 Å². The van der Waals surface area contributed by atoms with Gasteiger partial charge in [0.15, 0.2) is 0 Å². The van der Waals surface area contributed by atoms with Crippen molar-refractivity contribution in [2.45, 2.75) is 12.8 Å². The van der Waals surface area contributed by atoms with Crippen molar-refractivity contribution in [3.05, 3.63) is 107 Å². The number of benzene rings is 4. The van der Waals surface area contributed by atoms with E-state index < -0.39 is 0 Å². The van der Waals surface area contributed by atoms with E-state index in [2.05, 4.69) is 84.9 Å². The Morgan fingerprint density at radius 2 is 0.889 bits per heavy atom. The van der Waals surface area contributed by atoms with Crippen molar-refractivity contribution in [1.29, 1.82) is 0 Å². The molecule has 0 saturated heterocycles. The second kappa shape index (κ2) is 5.99. The van der Waals surface area contributed by atoms with Crippen molar-refractivity contribution in [1.82, 2.24) is 0 Å². The van der Waals surface area contributed by atoms with Gasteiger partial charge in [-0.05, 0) is 0 Å². The Bertz CT molecular complexity index is 1110. The standard InChI is InChI=1S/2C13H9.V/c2*1-3-7-12-10(5-1)9-11-6-2-4-8-13(11)12;/h2*1-5,7-8H,9H2;. The van der Waals surface area contributed by atoms with E-state index in [1.165, 1.54) is 33.4 Å². The number of hydrogen-bond acceptors (Lipinski definition) is 0. The van der Waals surface area contributed by atoms with Gasteiger partial charge in [-0.1, -0.05) is 0 Å². The molecule has 0 fully saturated rings. The molecule has 0 spiro atoms. The second-order valence-electron chi connectivity index (χ2n) is 7.39. The molecule has 0 amide bonds. The molecule has 0 nitrogen and oxygen atoms in total. The summed E-state index contributed by atoms with van der Waals surface area (Å²) in [6.45, 7) is 0. The molecule has 127 valence electrons. The van der Waals surface area contributed by atoms with E-state index in [9.17, 15) is 0 Å². The van der Waals surface area contributed by atoms with Crippen LogP contribution in [0.25, 0.3) is 22.3 Å². The molecule has 0 radical (unpaired) electrons. The van der Waals surface area contributed by atoms with Crippen LogP contribution < -0.4 is 8.55 Å². The summed E-state index contributed by atoms with van der Waals surface area (Å²) in [5.41, 5.74) is 11.9. The number of hydrogen-bond donors (Lipinski definition) is 0. The zero-order valence-electron chi connectivity index (χ0n) is 14.9. The summed E-state index contributed by atoms with van der Waals surface area (Å²) in [4.78, 5) is 0. The molecule has 0 saturated carbocycles. The van der Waals surface area contributed by atoms with Gasteiger partial charge in [0.1, 0.15) is 0 Å². The molecule has 27 heavy (non-hydrogen) atoms. The van der Waals surface area contributed by atoms with E-state index >= 15 is 0 Å². The monoisotopic (exact) mass is 381 g/mol. The van der Waals surface area contributed by atoms with E-state index in [-0.39, 0.29) is 16.3 Å². The molecule has 1 heteroatoms. The Morgan fingerprint density at radius 3 is 1.41 bits per heavy atom. The molecule has 6 rings (SSSR count). The Balaban J connectivity index is 1.43. The molecule has 0 unspecified atom stereocenters. The minimum atomic E-state index is -0.00992. The van der Waals surface area contributed by atoms with E-state index in [1.807, 2.05) is 0 Å². The van der Waals surface area contributed by atoms with Crippen LogP contribution in [0.2, 0.25) is 0 Å². The summed E-state index contributed by atoms with van der Waals surface area (Å²) >= 11 is -0.00992. The van der Waals surface area contributed by atoms with E-state index in [0.717, 1.165) is 12.8 Å². The fourth-order valence-electron chi connectivity index (χ4n) is 4.62. The van der Waals surface area contributed by atoms with Crippen molar-refractivity contribution in [3.8, 4) is 22.3 Å². The van der Waals surface area contributed by atoms with Gasteiger partial charge in [0.2, 0.25) is 0 Å². The summed E-state index contributed by atoms with van der Waals surface area (Å²) in [6.07, 6.45) is 2.18. The first-order valence-corrected chi connectivity index (χ1v) is 10.9. The maximum atomic E-state index is 2.37. The third-order valence-electron chi connectivity index (χ3n) is 5.89. The van der Waals surface area contributed by atoms with Gasteiger partial charge in [-0.2, -0.15) is 0 Å². The Kier molecular flexibility index (Phi) is 3.44. The van der Waals surface area contributed by atoms with Gasteiger partial charge in [0.25, 0.3) is 0 Å². The van der Waals surface area contributed by atoms with Crippen LogP contribution in [0.3, 0.4) is 0 Å². The second-order valence-corrected chi connectivity index (χ2v) is 9.24. The summed E-state index contributed by atoms with van der Waals surface area (Å²) in [5, 5.41) is 0. The predicted molar refractivity (Wildman–Crippen MR) is 109 cm³/mol. The Morgan fingerprint density at radius 1 is 0.444 bits per heavy atom. The van der Waals surface area contributed by atoms with Gasteiger partial charge in [0.05, 0.1) is 0 Å². The van der Waals surface area contributed by atoms with Crippen LogP contribution in [0.1, 0.15) is 22.3 Å². The molecule has 0 N–H and O–H groups in total. The Hall–Kier alpha value is -2.54. The van der Waals surface area contributed by atoms with Crippen molar-refractivity contribution in [2.24, 2.45) is 0 Å². The molecule has 0 aromatic heterocycles. The molecule has 4 aromatic carbocycles. The zero-order valence-corrected chi connectivity index (χ0v) is 16.3. The van der Waals surface area contributed by atoms with Gasteiger partial charge in [-0.15, -0.1) is 0 Å². The van der Waals surface area contributed by atoms with Crippen LogP contribution in [0, 0.1) is 0 Å². The van der Waals surface area contributed by atoms with Gasteiger partial charge >= 0.3 is 167 Å². The fraction of sp³-hybridized carbons (Fsp3) is 0.0769. The van der Waals surface area contributed by atoms with Crippen LogP contribution in [0.4, 0.5) is 0 Å². The molecule has 4 aromatic rings. The summed E-state index contributed by atoms with van der Waals surface area (Å²) in [7, 11) is 0. The Labute approximate surface area is 166 Å². The predicted octanol–water partition coefficient (Wildman–Crippen LogP) is 4.86. The topological polar surface area (TPSA) is 0 Å². The normalized spacial score (nSPS) is 12.9. The SMILES string of the molecule is c1ccc2c(c1)Cc1[c]([V][c]3cccc4c3Cc3ccccc3-4)cccc1-2. The first-order chi connectivity index (χ1) is 13.4. The molecule has 0 heterocycles. The van der Waals surface area contributed by atoms with Gasteiger partial charge < -0.3 is 0 Å². The molecular weight excluding hydrogens is 363 g/mol. The first kappa shape index (κ1) is 15.5. The van der Waals surface area contributed by atoms with Crippen LogP contribution in [-0.4, -0.2) is 0 Å². The molecule has 0 atom stereocenters. The first-order valence-electron chi connectivity index (χ1n) is 9.50. The molecule has 2 aliphatic carbocycles.